The van der Waals surface area contributed by atoms with E-state index in [1.165, 1.54) is 16.0 Å². The second-order valence-corrected chi connectivity index (χ2v) is 7.87. The van der Waals surface area contributed by atoms with Crippen LogP contribution in [0.3, 0.4) is 0 Å². The van der Waals surface area contributed by atoms with Gasteiger partial charge in [0.05, 0.1) is 6.54 Å². The van der Waals surface area contributed by atoms with Crippen molar-refractivity contribution in [3.8, 4) is 0 Å². The van der Waals surface area contributed by atoms with Gasteiger partial charge in [-0.05, 0) is 49.3 Å². The van der Waals surface area contributed by atoms with Crippen LogP contribution >= 0.6 is 11.3 Å². The topological polar surface area (TPSA) is 45.7 Å². The Balaban J connectivity index is 1.75. The summed E-state index contributed by atoms with van der Waals surface area (Å²) in [5, 5.41) is 9.09. The summed E-state index contributed by atoms with van der Waals surface area (Å²) in [4.78, 5) is 6.04. The van der Waals surface area contributed by atoms with E-state index in [-0.39, 0.29) is 5.41 Å². The zero-order valence-corrected chi connectivity index (χ0v) is 16.6. The molecule has 1 aliphatic rings. The molecular weight excluding hydrogens is 342 g/mol. The third-order valence-corrected chi connectivity index (χ3v) is 5.94. The fourth-order valence-electron chi connectivity index (χ4n) is 3.63. The Morgan fingerprint density at radius 3 is 2.65 bits per heavy atom. The van der Waals surface area contributed by atoms with Crippen LogP contribution in [0.25, 0.3) is 0 Å². The van der Waals surface area contributed by atoms with Crippen LogP contribution in [-0.4, -0.2) is 32.3 Å². The maximum absolute atomic E-state index is 5.66. The van der Waals surface area contributed by atoms with Gasteiger partial charge in [0.1, 0.15) is 0 Å². The SMILES string of the molecule is CCNC(=NCc1cccs1)NCC1(c2ccccc2C)CCOCC1. The number of guanidine groups is 1. The summed E-state index contributed by atoms with van der Waals surface area (Å²) in [6.07, 6.45) is 2.07. The summed E-state index contributed by atoms with van der Waals surface area (Å²) >= 11 is 1.75. The molecule has 0 saturated carbocycles. The highest BCUT2D eigenvalue weighted by molar-refractivity contribution is 7.09. The molecule has 1 fully saturated rings. The van der Waals surface area contributed by atoms with Crippen molar-refractivity contribution in [1.82, 2.24) is 10.6 Å². The van der Waals surface area contributed by atoms with E-state index in [1.807, 2.05) is 0 Å². The molecule has 2 heterocycles. The fourth-order valence-corrected chi connectivity index (χ4v) is 4.25. The van der Waals surface area contributed by atoms with Crippen LogP contribution in [0.2, 0.25) is 0 Å². The molecule has 0 spiro atoms. The van der Waals surface area contributed by atoms with Crippen LogP contribution in [0.5, 0.6) is 0 Å². The van der Waals surface area contributed by atoms with Crippen molar-refractivity contribution in [2.24, 2.45) is 4.99 Å². The maximum atomic E-state index is 5.66. The first-order chi connectivity index (χ1) is 12.7. The van der Waals surface area contributed by atoms with E-state index < -0.39 is 0 Å². The lowest BCUT2D eigenvalue weighted by Crippen LogP contribution is -2.48. The summed E-state index contributed by atoms with van der Waals surface area (Å²) in [6.45, 7) is 8.40. The molecule has 3 rings (SSSR count). The van der Waals surface area contributed by atoms with E-state index in [9.17, 15) is 0 Å². The van der Waals surface area contributed by atoms with Gasteiger partial charge in [0, 0.05) is 36.6 Å². The predicted molar refractivity (Wildman–Crippen MR) is 110 cm³/mol. The van der Waals surface area contributed by atoms with Gasteiger partial charge in [-0.25, -0.2) is 4.99 Å². The molecule has 1 aliphatic heterocycles. The molecule has 1 saturated heterocycles. The molecule has 0 amide bonds. The van der Waals surface area contributed by atoms with Crippen molar-refractivity contribution in [3.63, 3.8) is 0 Å². The Hall–Kier alpha value is -1.85. The van der Waals surface area contributed by atoms with Crippen LogP contribution in [-0.2, 0) is 16.7 Å². The quantitative estimate of drug-likeness (QED) is 0.599. The molecule has 0 aliphatic carbocycles. The number of thiophene rings is 1. The second kappa shape index (κ2) is 9.19. The first-order valence-corrected chi connectivity index (χ1v) is 10.3. The van der Waals surface area contributed by atoms with E-state index in [1.54, 1.807) is 11.3 Å². The Bertz CT molecular complexity index is 706. The van der Waals surface area contributed by atoms with E-state index in [0.29, 0.717) is 6.54 Å². The maximum Gasteiger partial charge on any atom is 0.191 e. The number of benzene rings is 1. The van der Waals surface area contributed by atoms with Crippen molar-refractivity contribution in [3.05, 3.63) is 57.8 Å². The number of hydrogen-bond acceptors (Lipinski definition) is 3. The average molecular weight is 372 g/mol. The Labute approximate surface area is 160 Å². The molecular formula is C21H29N3OS. The van der Waals surface area contributed by atoms with Crippen LogP contribution in [0, 0.1) is 6.92 Å². The fraction of sp³-hybridized carbons (Fsp3) is 0.476. The molecule has 0 radical (unpaired) electrons. The molecule has 0 unspecified atom stereocenters. The van der Waals surface area contributed by atoms with E-state index in [2.05, 4.69) is 66.3 Å². The lowest BCUT2D eigenvalue weighted by molar-refractivity contribution is 0.0512. The third kappa shape index (κ3) is 4.65. The lowest BCUT2D eigenvalue weighted by Gasteiger charge is -2.39. The second-order valence-electron chi connectivity index (χ2n) is 6.84. The number of nitrogens with one attached hydrogen (secondary N) is 2. The van der Waals surface area contributed by atoms with Gasteiger partial charge in [-0.2, -0.15) is 0 Å². The minimum atomic E-state index is 0.0999. The Morgan fingerprint density at radius 2 is 1.96 bits per heavy atom. The molecule has 2 N–H and O–H groups in total. The molecule has 26 heavy (non-hydrogen) atoms. The number of nitrogens with zero attached hydrogens (tertiary/aromatic N) is 1. The average Bonchev–Trinajstić information content (AvgIpc) is 3.19. The third-order valence-electron chi connectivity index (χ3n) is 5.08. The molecule has 0 atom stereocenters. The molecule has 0 bridgehead atoms. The first-order valence-electron chi connectivity index (χ1n) is 9.42. The van der Waals surface area contributed by atoms with Crippen molar-refractivity contribution < 1.29 is 4.74 Å². The summed E-state index contributed by atoms with van der Waals surface area (Å²) in [5.74, 6) is 0.889. The molecule has 2 aromatic rings. The molecule has 5 heteroatoms. The highest BCUT2D eigenvalue weighted by Crippen LogP contribution is 2.36. The van der Waals surface area contributed by atoms with Crippen LogP contribution in [0.1, 0.15) is 35.8 Å². The molecule has 4 nitrogen and oxygen atoms in total. The number of ether oxygens (including phenoxy) is 1. The van der Waals surface area contributed by atoms with Crippen LogP contribution < -0.4 is 10.6 Å². The normalized spacial score (nSPS) is 17.1. The van der Waals surface area contributed by atoms with Gasteiger partial charge in [0.25, 0.3) is 0 Å². The Kier molecular flexibility index (Phi) is 6.69. The number of aryl methyl sites for hydroxylation is 1. The van der Waals surface area contributed by atoms with E-state index in [0.717, 1.165) is 45.1 Å². The van der Waals surface area contributed by atoms with Crippen molar-refractivity contribution in [2.45, 2.75) is 38.6 Å². The smallest absolute Gasteiger partial charge is 0.191 e. The lowest BCUT2D eigenvalue weighted by atomic mass is 9.72. The van der Waals surface area contributed by atoms with Gasteiger partial charge in [0.2, 0.25) is 0 Å². The summed E-state index contributed by atoms with van der Waals surface area (Å²) in [6, 6.07) is 13.0. The number of rotatable bonds is 6. The molecule has 140 valence electrons. The van der Waals surface area contributed by atoms with Gasteiger partial charge in [-0.15, -0.1) is 11.3 Å². The minimum Gasteiger partial charge on any atom is -0.381 e. The minimum absolute atomic E-state index is 0.0999. The van der Waals surface area contributed by atoms with Gasteiger partial charge in [-0.3, -0.25) is 0 Å². The van der Waals surface area contributed by atoms with Crippen LogP contribution in [0.15, 0.2) is 46.8 Å². The van der Waals surface area contributed by atoms with E-state index >= 15 is 0 Å². The van der Waals surface area contributed by atoms with Gasteiger partial charge in [0.15, 0.2) is 5.96 Å². The predicted octanol–water partition coefficient (Wildman–Crippen LogP) is 3.86. The summed E-state index contributed by atoms with van der Waals surface area (Å²) < 4.78 is 5.66. The monoisotopic (exact) mass is 371 g/mol. The molecule has 1 aromatic heterocycles. The Morgan fingerprint density at radius 1 is 1.15 bits per heavy atom. The summed E-state index contributed by atoms with van der Waals surface area (Å²) in [7, 11) is 0. The highest BCUT2D eigenvalue weighted by Gasteiger charge is 2.35. The van der Waals surface area contributed by atoms with Crippen molar-refractivity contribution >= 4 is 17.3 Å². The zero-order chi connectivity index (χ0) is 18.2. The largest absolute Gasteiger partial charge is 0.381 e. The molecule has 1 aromatic carbocycles. The number of aliphatic imine (C=N–C) groups is 1. The number of hydrogen-bond donors (Lipinski definition) is 2. The first kappa shape index (κ1) is 18.9. The standard InChI is InChI=1S/C21H29N3OS/c1-3-22-20(23-15-18-8-6-14-26-18)24-16-21(10-12-25-13-11-21)19-9-5-4-7-17(19)2/h4-9,14H,3,10-13,15-16H2,1-2H3,(H2,22,23,24). The summed E-state index contributed by atoms with van der Waals surface area (Å²) in [5.41, 5.74) is 2.89. The van der Waals surface area contributed by atoms with Crippen molar-refractivity contribution in [1.29, 1.82) is 0 Å². The van der Waals surface area contributed by atoms with Gasteiger partial charge >= 0.3 is 0 Å². The van der Waals surface area contributed by atoms with Gasteiger partial charge < -0.3 is 15.4 Å². The van der Waals surface area contributed by atoms with Crippen molar-refractivity contribution in [2.75, 3.05) is 26.3 Å². The zero-order valence-electron chi connectivity index (χ0n) is 15.8. The van der Waals surface area contributed by atoms with Crippen LogP contribution in [0.4, 0.5) is 0 Å². The highest BCUT2D eigenvalue weighted by atomic mass is 32.1. The van der Waals surface area contributed by atoms with E-state index in [4.69, 9.17) is 9.73 Å². The van der Waals surface area contributed by atoms with Gasteiger partial charge in [-0.1, -0.05) is 30.3 Å².